The Bertz CT molecular complexity index is 823. The largest absolute Gasteiger partial charge is 2.00 e. The van der Waals surface area contributed by atoms with Crippen LogP contribution in [0.5, 0.6) is 0 Å². The van der Waals surface area contributed by atoms with Gasteiger partial charge in [-0.05, 0) is 36.8 Å². The Morgan fingerprint density at radius 1 is 0.487 bits per heavy atom. The van der Waals surface area contributed by atoms with Crippen LogP contribution in [0.25, 0.3) is 0 Å². The molecule has 0 heterocycles. The molecule has 0 amide bonds. The number of hydrogen-bond donors (Lipinski definition) is 0. The molecule has 0 fully saturated rings. The Morgan fingerprint density at radius 3 is 1.08 bits per heavy atom. The predicted molar refractivity (Wildman–Crippen MR) is 160 cm³/mol. The van der Waals surface area contributed by atoms with Gasteiger partial charge in [0.1, 0.15) is 0 Å². The molecular weight excluding hydrogens is 680 g/mol. The van der Waals surface area contributed by atoms with Crippen molar-refractivity contribution in [1.29, 1.82) is 0 Å². The second-order valence-corrected chi connectivity index (χ2v) is 10.3. The van der Waals surface area contributed by atoms with E-state index in [1.54, 1.807) is 24.3 Å². The standard InChI is InChI=1S/2C17H26O2.Pb/c2*1-2-3-4-5-6-7-8-9-12-15-13-10-11-14-16(15)17(18)19;/h2*10-11,13-14H,2-9,12H2,1H3,(H,18,19);/q;;+2/p-2. The first-order valence-electron chi connectivity index (χ1n) is 15.1. The summed E-state index contributed by atoms with van der Waals surface area (Å²) in [5.41, 5.74) is 2.53. The average Bonchev–Trinajstić information content (AvgIpc) is 2.92. The van der Waals surface area contributed by atoms with Crippen molar-refractivity contribution in [2.75, 3.05) is 0 Å². The Morgan fingerprint density at radius 2 is 0.769 bits per heavy atom. The van der Waals surface area contributed by atoms with Crippen molar-refractivity contribution >= 4 is 39.2 Å². The summed E-state index contributed by atoms with van der Waals surface area (Å²) in [6.07, 6.45) is 22.0. The van der Waals surface area contributed by atoms with Gasteiger partial charge in [-0.25, -0.2) is 0 Å². The molecule has 0 spiro atoms. The zero-order chi connectivity index (χ0) is 27.8. The number of rotatable bonds is 20. The Hall–Kier alpha value is -1.70. The summed E-state index contributed by atoms with van der Waals surface area (Å²) in [5, 5.41) is 21.9. The molecule has 4 nitrogen and oxygen atoms in total. The molecule has 2 radical (unpaired) electrons. The van der Waals surface area contributed by atoms with E-state index in [0.717, 1.165) is 36.8 Å². The number of aromatic carboxylic acids is 2. The number of carboxylic acid groups (broad SMARTS) is 2. The minimum atomic E-state index is -1.06. The minimum absolute atomic E-state index is 0. The van der Waals surface area contributed by atoms with Gasteiger partial charge in [0.2, 0.25) is 0 Å². The van der Waals surface area contributed by atoms with Crippen LogP contribution < -0.4 is 10.2 Å². The first-order chi connectivity index (χ1) is 18.5. The smallest absolute Gasteiger partial charge is 0.545 e. The molecule has 0 unspecified atom stereocenters. The van der Waals surface area contributed by atoms with Crippen molar-refractivity contribution in [2.45, 2.75) is 129 Å². The summed E-state index contributed by atoms with van der Waals surface area (Å²) in [7, 11) is 0. The molecule has 2 rings (SSSR count). The van der Waals surface area contributed by atoms with Gasteiger partial charge < -0.3 is 19.8 Å². The van der Waals surface area contributed by atoms with Crippen molar-refractivity contribution in [1.82, 2.24) is 0 Å². The molecule has 0 saturated heterocycles. The van der Waals surface area contributed by atoms with Crippen molar-refractivity contribution in [2.24, 2.45) is 0 Å². The molecule has 5 heteroatoms. The number of aryl methyl sites for hydroxylation is 2. The number of carboxylic acids is 2. The monoisotopic (exact) mass is 730 g/mol. The predicted octanol–water partition coefficient (Wildman–Crippen LogP) is 7.09. The summed E-state index contributed by atoms with van der Waals surface area (Å²) in [5.74, 6) is -2.12. The molecule has 2 aromatic rings. The fourth-order valence-corrected chi connectivity index (χ4v) is 4.77. The summed E-state index contributed by atoms with van der Waals surface area (Å²) in [6, 6.07) is 14.4. The number of unbranched alkanes of at least 4 members (excludes halogenated alkanes) is 14. The molecule has 39 heavy (non-hydrogen) atoms. The molecule has 0 N–H and O–H groups in total. The molecule has 0 bridgehead atoms. The minimum Gasteiger partial charge on any atom is -0.545 e. The van der Waals surface area contributed by atoms with Crippen LogP contribution in [-0.2, 0) is 12.8 Å². The Kier molecular flexibility index (Phi) is 24.2. The molecule has 0 aliphatic rings. The van der Waals surface area contributed by atoms with Gasteiger partial charge in [0.25, 0.3) is 0 Å². The van der Waals surface area contributed by atoms with Gasteiger partial charge in [-0.2, -0.15) is 0 Å². The summed E-state index contributed by atoms with van der Waals surface area (Å²) in [4.78, 5) is 21.9. The SMILES string of the molecule is CCCCCCCCCCc1ccccc1C(=O)[O-].CCCCCCCCCCc1ccccc1C(=O)[O-].[Pb+2]. The molecule has 0 aliphatic carbocycles. The zero-order valence-electron chi connectivity index (χ0n) is 24.5. The van der Waals surface area contributed by atoms with E-state index in [2.05, 4.69) is 13.8 Å². The Labute approximate surface area is 258 Å². The topological polar surface area (TPSA) is 80.3 Å². The normalized spacial score (nSPS) is 10.3. The van der Waals surface area contributed by atoms with Gasteiger partial charge in [-0.15, -0.1) is 0 Å². The molecule has 0 aromatic heterocycles. The second kappa shape index (κ2) is 25.3. The maximum atomic E-state index is 10.9. The van der Waals surface area contributed by atoms with E-state index in [4.69, 9.17) is 0 Å². The van der Waals surface area contributed by atoms with Crippen LogP contribution in [0.15, 0.2) is 48.5 Å². The molecule has 0 aliphatic heterocycles. The number of hydrogen-bond acceptors (Lipinski definition) is 4. The second-order valence-electron chi connectivity index (χ2n) is 10.3. The van der Waals surface area contributed by atoms with Crippen molar-refractivity contribution in [3.63, 3.8) is 0 Å². The van der Waals surface area contributed by atoms with Crippen molar-refractivity contribution in [3.05, 3.63) is 70.8 Å². The maximum absolute atomic E-state index is 10.9. The number of carbonyl (C=O) groups is 2. The third-order valence-corrected chi connectivity index (χ3v) is 7.07. The van der Waals surface area contributed by atoms with Crippen LogP contribution in [0.1, 0.15) is 148 Å². The third kappa shape index (κ3) is 18.3. The van der Waals surface area contributed by atoms with E-state index in [1.165, 1.54) is 89.9 Å². The van der Waals surface area contributed by atoms with Gasteiger partial charge >= 0.3 is 27.3 Å². The first-order valence-corrected chi connectivity index (χ1v) is 15.1. The summed E-state index contributed by atoms with van der Waals surface area (Å²) >= 11 is 0. The van der Waals surface area contributed by atoms with E-state index in [0.29, 0.717) is 11.1 Å². The van der Waals surface area contributed by atoms with E-state index in [9.17, 15) is 19.8 Å². The third-order valence-electron chi connectivity index (χ3n) is 7.07. The summed E-state index contributed by atoms with van der Waals surface area (Å²) in [6.45, 7) is 4.46. The molecule has 0 saturated carbocycles. The van der Waals surface area contributed by atoms with Crippen LogP contribution in [-0.4, -0.2) is 39.2 Å². The zero-order valence-corrected chi connectivity index (χ0v) is 28.4. The van der Waals surface area contributed by atoms with Crippen molar-refractivity contribution < 1.29 is 19.8 Å². The van der Waals surface area contributed by atoms with Crippen LogP contribution in [0.3, 0.4) is 0 Å². The van der Waals surface area contributed by atoms with Gasteiger partial charge in [-0.3, -0.25) is 0 Å². The van der Waals surface area contributed by atoms with Gasteiger partial charge in [0.05, 0.1) is 11.9 Å². The van der Waals surface area contributed by atoms with Crippen molar-refractivity contribution in [3.8, 4) is 0 Å². The molecule has 2 aromatic carbocycles. The molecule has 0 atom stereocenters. The number of carbonyl (C=O) groups excluding carboxylic acids is 2. The van der Waals surface area contributed by atoms with E-state index >= 15 is 0 Å². The van der Waals surface area contributed by atoms with E-state index in [-0.39, 0.29) is 27.3 Å². The van der Waals surface area contributed by atoms with E-state index < -0.39 is 11.9 Å². The number of benzene rings is 2. The fraction of sp³-hybridized carbons (Fsp3) is 0.588. The van der Waals surface area contributed by atoms with Gasteiger partial charge in [-0.1, -0.05) is 152 Å². The van der Waals surface area contributed by atoms with Gasteiger partial charge in [0, 0.05) is 11.1 Å². The first kappa shape index (κ1) is 37.3. The summed E-state index contributed by atoms with van der Waals surface area (Å²) < 4.78 is 0. The Balaban J connectivity index is 0.000000722. The van der Waals surface area contributed by atoms with Crippen LogP contribution in [0.2, 0.25) is 0 Å². The van der Waals surface area contributed by atoms with Crippen LogP contribution >= 0.6 is 0 Å². The average molecular weight is 730 g/mol. The molecule has 214 valence electrons. The quantitative estimate of drug-likeness (QED) is 0.108. The fourth-order valence-electron chi connectivity index (χ4n) is 4.77. The van der Waals surface area contributed by atoms with Crippen LogP contribution in [0, 0.1) is 0 Å². The van der Waals surface area contributed by atoms with E-state index in [1.807, 2.05) is 24.3 Å². The maximum Gasteiger partial charge on any atom is 2.00 e. The van der Waals surface area contributed by atoms with Gasteiger partial charge in [0.15, 0.2) is 0 Å². The molecular formula is C34H50O4Pb. The van der Waals surface area contributed by atoms with Crippen LogP contribution in [0.4, 0.5) is 0 Å².